The fourth-order valence-electron chi connectivity index (χ4n) is 2.93. The monoisotopic (exact) mass is 301 g/mol. The molecule has 4 nitrogen and oxygen atoms in total. The molecule has 0 saturated carbocycles. The molecule has 1 aromatic heterocycles. The molecule has 1 aliphatic heterocycles. The zero-order valence-corrected chi connectivity index (χ0v) is 12.7. The van der Waals surface area contributed by atoms with Crippen LogP contribution in [0.15, 0.2) is 72.1 Å². The Balaban J connectivity index is 1.85. The van der Waals surface area contributed by atoms with Gasteiger partial charge in [0.1, 0.15) is 0 Å². The minimum atomic E-state index is -0.279. The van der Waals surface area contributed by atoms with E-state index >= 15 is 0 Å². The Morgan fingerprint density at radius 3 is 2.65 bits per heavy atom. The first-order valence-electron chi connectivity index (χ1n) is 7.56. The predicted molar refractivity (Wildman–Crippen MR) is 91.4 cm³/mol. The molecule has 0 N–H and O–H groups in total. The van der Waals surface area contributed by atoms with Crippen LogP contribution in [0.2, 0.25) is 0 Å². The van der Waals surface area contributed by atoms with Crippen molar-refractivity contribution >= 4 is 28.1 Å². The van der Waals surface area contributed by atoms with Gasteiger partial charge in [-0.2, -0.15) is 10.1 Å². The van der Waals surface area contributed by atoms with Gasteiger partial charge < -0.3 is 0 Å². The SMILES string of the molecule is CC1C(=O)N(c2cccc3ccccc23)N=C1c1cccnc1. The molecule has 0 radical (unpaired) electrons. The maximum absolute atomic E-state index is 12.7. The van der Waals surface area contributed by atoms with E-state index in [4.69, 9.17) is 0 Å². The smallest absolute Gasteiger partial charge is 0.256 e. The quantitative estimate of drug-likeness (QED) is 0.725. The van der Waals surface area contributed by atoms with Crippen LogP contribution >= 0.6 is 0 Å². The summed E-state index contributed by atoms with van der Waals surface area (Å²) >= 11 is 0. The van der Waals surface area contributed by atoms with E-state index in [0.29, 0.717) is 0 Å². The molecule has 1 unspecified atom stereocenters. The molecule has 0 fully saturated rings. The van der Waals surface area contributed by atoms with E-state index in [1.807, 2.05) is 61.5 Å². The van der Waals surface area contributed by atoms with Crippen LogP contribution < -0.4 is 5.01 Å². The first-order valence-corrected chi connectivity index (χ1v) is 7.56. The van der Waals surface area contributed by atoms with E-state index in [9.17, 15) is 4.79 Å². The average Bonchev–Trinajstić information content (AvgIpc) is 2.91. The van der Waals surface area contributed by atoms with Crippen molar-refractivity contribution in [2.75, 3.05) is 5.01 Å². The first-order chi connectivity index (χ1) is 11.3. The number of hydrogen-bond acceptors (Lipinski definition) is 3. The van der Waals surface area contributed by atoms with Gasteiger partial charge in [0.2, 0.25) is 0 Å². The summed E-state index contributed by atoms with van der Waals surface area (Å²) in [5, 5.41) is 8.24. The molecule has 0 saturated heterocycles. The summed E-state index contributed by atoms with van der Waals surface area (Å²) in [6.45, 7) is 1.89. The van der Waals surface area contributed by atoms with Crippen molar-refractivity contribution in [1.29, 1.82) is 0 Å². The molecule has 1 amide bonds. The molecule has 0 bridgehead atoms. The Labute approximate surface area is 134 Å². The highest BCUT2D eigenvalue weighted by molar-refractivity contribution is 6.22. The number of fused-ring (bicyclic) bond motifs is 1. The Morgan fingerprint density at radius 2 is 1.83 bits per heavy atom. The van der Waals surface area contributed by atoms with Crippen LogP contribution in [-0.2, 0) is 4.79 Å². The normalized spacial score (nSPS) is 17.6. The molecule has 112 valence electrons. The van der Waals surface area contributed by atoms with Crippen molar-refractivity contribution in [2.24, 2.45) is 11.0 Å². The third kappa shape index (κ3) is 2.19. The second kappa shape index (κ2) is 5.32. The number of carbonyl (C=O) groups excluding carboxylic acids is 1. The van der Waals surface area contributed by atoms with Crippen molar-refractivity contribution in [3.8, 4) is 0 Å². The topological polar surface area (TPSA) is 45.6 Å². The van der Waals surface area contributed by atoms with Gasteiger partial charge in [0.05, 0.1) is 17.3 Å². The largest absolute Gasteiger partial charge is 0.272 e. The first kappa shape index (κ1) is 13.6. The number of benzene rings is 2. The zero-order chi connectivity index (χ0) is 15.8. The molecule has 0 aliphatic carbocycles. The van der Waals surface area contributed by atoms with E-state index in [1.165, 1.54) is 5.01 Å². The summed E-state index contributed by atoms with van der Waals surface area (Å²) in [5.74, 6) is -0.293. The number of amides is 1. The minimum Gasteiger partial charge on any atom is -0.272 e. The molecule has 1 aliphatic rings. The van der Waals surface area contributed by atoms with E-state index < -0.39 is 0 Å². The number of anilines is 1. The molecular weight excluding hydrogens is 286 g/mol. The van der Waals surface area contributed by atoms with E-state index in [-0.39, 0.29) is 11.8 Å². The van der Waals surface area contributed by atoms with Gasteiger partial charge in [-0.1, -0.05) is 36.4 Å². The average molecular weight is 301 g/mol. The Morgan fingerprint density at radius 1 is 1.00 bits per heavy atom. The summed E-state index contributed by atoms with van der Waals surface area (Å²) in [7, 11) is 0. The lowest BCUT2D eigenvalue weighted by Crippen LogP contribution is -2.25. The van der Waals surface area contributed by atoms with Gasteiger partial charge >= 0.3 is 0 Å². The highest BCUT2D eigenvalue weighted by Crippen LogP contribution is 2.32. The molecule has 3 aromatic rings. The summed E-state index contributed by atoms with van der Waals surface area (Å²) in [6.07, 6.45) is 3.46. The lowest BCUT2D eigenvalue weighted by atomic mass is 10.00. The summed E-state index contributed by atoms with van der Waals surface area (Å²) in [6, 6.07) is 17.7. The number of hydrazone groups is 1. The summed E-state index contributed by atoms with van der Waals surface area (Å²) in [5.41, 5.74) is 2.46. The maximum atomic E-state index is 12.7. The van der Waals surface area contributed by atoms with Crippen LogP contribution in [0.25, 0.3) is 10.8 Å². The molecule has 1 atom stereocenters. The van der Waals surface area contributed by atoms with Crippen molar-refractivity contribution in [3.05, 3.63) is 72.6 Å². The minimum absolute atomic E-state index is 0.0137. The molecule has 23 heavy (non-hydrogen) atoms. The Kier molecular flexibility index (Phi) is 3.15. The molecule has 4 heteroatoms. The number of nitrogens with zero attached hydrogens (tertiary/aromatic N) is 3. The van der Waals surface area contributed by atoms with Crippen molar-refractivity contribution < 1.29 is 4.79 Å². The number of rotatable bonds is 2. The summed E-state index contributed by atoms with van der Waals surface area (Å²) in [4.78, 5) is 16.8. The van der Waals surface area contributed by atoms with Crippen LogP contribution in [0.3, 0.4) is 0 Å². The van der Waals surface area contributed by atoms with Gasteiger partial charge in [-0.15, -0.1) is 0 Å². The predicted octanol–water partition coefficient (Wildman–Crippen LogP) is 3.62. The highest BCUT2D eigenvalue weighted by atomic mass is 16.2. The molecule has 2 aromatic carbocycles. The van der Waals surface area contributed by atoms with Crippen molar-refractivity contribution in [1.82, 2.24) is 4.98 Å². The van der Waals surface area contributed by atoms with Gasteiger partial charge in [0, 0.05) is 23.3 Å². The molecule has 4 rings (SSSR count). The summed E-state index contributed by atoms with van der Waals surface area (Å²) < 4.78 is 0. The lowest BCUT2D eigenvalue weighted by Gasteiger charge is -2.15. The van der Waals surface area contributed by atoms with E-state index in [1.54, 1.807) is 12.4 Å². The third-order valence-electron chi connectivity index (χ3n) is 4.15. The van der Waals surface area contributed by atoms with Gasteiger partial charge in [-0.25, -0.2) is 0 Å². The maximum Gasteiger partial charge on any atom is 0.256 e. The number of pyridine rings is 1. The second-order valence-corrected chi connectivity index (χ2v) is 5.60. The van der Waals surface area contributed by atoms with Crippen LogP contribution in [-0.4, -0.2) is 16.6 Å². The Hall–Kier alpha value is -3.01. The third-order valence-corrected chi connectivity index (χ3v) is 4.15. The number of hydrogen-bond donors (Lipinski definition) is 0. The van der Waals surface area contributed by atoms with Crippen molar-refractivity contribution in [2.45, 2.75) is 6.92 Å². The molecule has 0 spiro atoms. The molecule has 2 heterocycles. The van der Waals surface area contributed by atoms with Gasteiger partial charge in [0.25, 0.3) is 5.91 Å². The number of aromatic nitrogens is 1. The van der Waals surface area contributed by atoms with Crippen LogP contribution in [0.4, 0.5) is 5.69 Å². The molecular formula is C19H15N3O. The second-order valence-electron chi connectivity index (χ2n) is 5.60. The Bertz CT molecular complexity index is 913. The number of carbonyl (C=O) groups is 1. The van der Waals surface area contributed by atoms with E-state index in [0.717, 1.165) is 27.7 Å². The fourth-order valence-corrected chi connectivity index (χ4v) is 2.93. The van der Waals surface area contributed by atoms with Gasteiger partial charge in [-0.05, 0) is 30.5 Å². The zero-order valence-electron chi connectivity index (χ0n) is 12.7. The highest BCUT2D eigenvalue weighted by Gasteiger charge is 2.34. The van der Waals surface area contributed by atoms with Crippen molar-refractivity contribution in [3.63, 3.8) is 0 Å². The lowest BCUT2D eigenvalue weighted by molar-refractivity contribution is -0.119. The standard InChI is InChI=1S/C19H15N3O/c1-13-18(15-8-5-11-20-12-15)21-22(19(13)23)17-10-4-7-14-6-2-3-9-16(14)17/h2-13H,1H3. The van der Waals surface area contributed by atoms with E-state index in [2.05, 4.69) is 10.1 Å². The van der Waals surface area contributed by atoms with Gasteiger partial charge in [-0.3, -0.25) is 9.78 Å². The van der Waals surface area contributed by atoms with Crippen LogP contribution in [0.1, 0.15) is 12.5 Å². The van der Waals surface area contributed by atoms with Crippen LogP contribution in [0, 0.1) is 5.92 Å². The fraction of sp³-hybridized carbons (Fsp3) is 0.105. The van der Waals surface area contributed by atoms with Crippen LogP contribution in [0.5, 0.6) is 0 Å². The van der Waals surface area contributed by atoms with Gasteiger partial charge in [0.15, 0.2) is 0 Å².